The Morgan fingerprint density at radius 3 is 2.60 bits per heavy atom. The second-order valence-electron chi connectivity index (χ2n) is 4.73. The third kappa shape index (κ3) is 3.05. The Morgan fingerprint density at radius 1 is 1.20 bits per heavy atom. The fraction of sp³-hybridized carbons (Fsp3) is 0.538. The highest BCUT2D eigenvalue weighted by atomic mass is 79.9. The molecular weight excluding hydrogens is 250 g/mol. The molecule has 2 rings (SSSR count). The second kappa shape index (κ2) is 4.67. The highest BCUT2D eigenvalue weighted by molar-refractivity contribution is 9.10. The number of hydrogen-bond acceptors (Lipinski definition) is 1. The predicted molar refractivity (Wildman–Crippen MR) is 67.8 cm³/mol. The Kier molecular flexibility index (Phi) is 3.47. The largest absolute Gasteiger partial charge is 0.325 e. The highest BCUT2D eigenvalue weighted by Crippen LogP contribution is 2.29. The van der Waals surface area contributed by atoms with E-state index in [1.165, 1.54) is 37.7 Å². The molecule has 1 aromatic carbocycles. The van der Waals surface area contributed by atoms with Gasteiger partial charge in [0.1, 0.15) is 0 Å². The van der Waals surface area contributed by atoms with Gasteiger partial charge in [0, 0.05) is 10.0 Å². The van der Waals surface area contributed by atoms with Crippen molar-refractivity contribution in [3.63, 3.8) is 0 Å². The molecule has 0 amide bonds. The first kappa shape index (κ1) is 11.2. The molecule has 1 saturated carbocycles. The van der Waals surface area contributed by atoms with Crippen LogP contribution in [0.2, 0.25) is 0 Å². The third-order valence-corrected chi connectivity index (χ3v) is 3.79. The van der Waals surface area contributed by atoms with Gasteiger partial charge in [-0.1, -0.05) is 47.3 Å². The summed E-state index contributed by atoms with van der Waals surface area (Å²) in [4.78, 5) is 0. The summed E-state index contributed by atoms with van der Waals surface area (Å²) >= 11 is 3.50. The van der Waals surface area contributed by atoms with Crippen LogP contribution in [0, 0.1) is 0 Å². The van der Waals surface area contributed by atoms with Gasteiger partial charge in [-0.25, -0.2) is 0 Å². The number of halogens is 1. The number of rotatable bonds is 2. The van der Waals surface area contributed by atoms with Crippen molar-refractivity contribution in [1.29, 1.82) is 0 Å². The van der Waals surface area contributed by atoms with Gasteiger partial charge in [-0.15, -0.1) is 0 Å². The fourth-order valence-corrected chi connectivity index (χ4v) is 2.93. The maximum atomic E-state index is 6.43. The van der Waals surface area contributed by atoms with Crippen molar-refractivity contribution in [1.82, 2.24) is 0 Å². The molecular formula is C13H18BrN. The van der Waals surface area contributed by atoms with E-state index in [0.717, 1.165) is 10.9 Å². The van der Waals surface area contributed by atoms with Crippen LogP contribution in [0.15, 0.2) is 28.7 Å². The van der Waals surface area contributed by atoms with Crippen molar-refractivity contribution in [2.24, 2.45) is 5.73 Å². The Labute approximate surface area is 100 Å². The van der Waals surface area contributed by atoms with Gasteiger partial charge in [0.25, 0.3) is 0 Å². The van der Waals surface area contributed by atoms with Crippen LogP contribution < -0.4 is 5.73 Å². The van der Waals surface area contributed by atoms with Crippen LogP contribution in [0.4, 0.5) is 0 Å². The molecule has 0 aromatic heterocycles. The van der Waals surface area contributed by atoms with Gasteiger partial charge in [0.2, 0.25) is 0 Å². The molecule has 15 heavy (non-hydrogen) atoms. The predicted octanol–water partition coefficient (Wildman–Crippen LogP) is 3.65. The third-order valence-electron chi connectivity index (χ3n) is 3.29. The smallest absolute Gasteiger partial charge is 0.0195 e. The van der Waals surface area contributed by atoms with Gasteiger partial charge in [0.15, 0.2) is 0 Å². The van der Waals surface area contributed by atoms with Gasteiger partial charge < -0.3 is 5.73 Å². The molecule has 1 aromatic rings. The summed E-state index contributed by atoms with van der Waals surface area (Å²) < 4.78 is 1.15. The first-order valence-corrected chi connectivity index (χ1v) is 6.51. The fourth-order valence-electron chi connectivity index (χ4n) is 2.49. The topological polar surface area (TPSA) is 26.0 Å². The molecule has 2 N–H and O–H groups in total. The van der Waals surface area contributed by atoms with Gasteiger partial charge in [-0.3, -0.25) is 0 Å². The van der Waals surface area contributed by atoms with E-state index in [1.54, 1.807) is 0 Å². The van der Waals surface area contributed by atoms with E-state index in [-0.39, 0.29) is 5.54 Å². The molecule has 1 aliphatic carbocycles. The van der Waals surface area contributed by atoms with Crippen molar-refractivity contribution in [3.05, 3.63) is 34.3 Å². The average Bonchev–Trinajstić information content (AvgIpc) is 2.18. The van der Waals surface area contributed by atoms with Crippen LogP contribution in [-0.4, -0.2) is 5.54 Å². The van der Waals surface area contributed by atoms with E-state index in [2.05, 4.69) is 40.2 Å². The van der Waals surface area contributed by atoms with Crippen molar-refractivity contribution in [2.45, 2.75) is 44.1 Å². The van der Waals surface area contributed by atoms with E-state index in [0.29, 0.717) is 0 Å². The normalized spacial score (nSPS) is 20.1. The van der Waals surface area contributed by atoms with E-state index in [1.807, 2.05) is 0 Å². The molecule has 82 valence electrons. The minimum atomic E-state index is 0.0546. The SMILES string of the molecule is NC1(Cc2cccc(Br)c2)CCCCC1. The summed E-state index contributed by atoms with van der Waals surface area (Å²) in [7, 11) is 0. The summed E-state index contributed by atoms with van der Waals surface area (Å²) in [5.41, 5.74) is 7.84. The lowest BCUT2D eigenvalue weighted by molar-refractivity contribution is 0.294. The Bertz CT molecular complexity index is 329. The van der Waals surface area contributed by atoms with Crippen molar-refractivity contribution >= 4 is 15.9 Å². The molecule has 0 spiro atoms. The molecule has 0 atom stereocenters. The van der Waals surface area contributed by atoms with Crippen molar-refractivity contribution in [3.8, 4) is 0 Å². The minimum absolute atomic E-state index is 0.0546. The summed E-state index contributed by atoms with van der Waals surface area (Å²) in [6, 6.07) is 8.51. The van der Waals surface area contributed by atoms with Crippen LogP contribution in [-0.2, 0) is 6.42 Å². The minimum Gasteiger partial charge on any atom is -0.325 e. The van der Waals surface area contributed by atoms with E-state index >= 15 is 0 Å². The molecule has 2 heteroatoms. The van der Waals surface area contributed by atoms with Crippen molar-refractivity contribution < 1.29 is 0 Å². The van der Waals surface area contributed by atoms with E-state index in [4.69, 9.17) is 5.73 Å². The monoisotopic (exact) mass is 267 g/mol. The second-order valence-corrected chi connectivity index (χ2v) is 5.65. The Balaban J connectivity index is 2.06. The standard InChI is InChI=1S/C13H18BrN/c14-12-6-4-5-11(9-12)10-13(15)7-2-1-3-8-13/h4-6,9H,1-3,7-8,10,15H2. The molecule has 1 aliphatic rings. The molecule has 0 bridgehead atoms. The van der Waals surface area contributed by atoms with Crippen LogP contribution >= 0.6 is 15.9 Å². The van der Waals surface area contributed by atoms with Gasteiger partial charge in [-0.2, -0.15) is 0 Å². The van der Waals surface area contributed by atoms with Crippen LogP contribution in [0.5, 0.6) is 0 Å². The summed E-state index contributed by atoms with van der Waals surface area (Å²) in [5, 5.41) is 0. The van der Waals surface area contributed by atoms with Gasteiger partial charge >= 0.3 is 0 Å². The maximum Gasteiger partial charge on any atom is 0.0195 e. The zero-order valence-corrected chi connectivity index (χ0v) is 10.6. The van der Waals surface area contributed by atoms with Crippen LogP contribution in [0.25, 0.3) is 0 Å². The molecule has 1 nitrogen and oxygen atoms in total. The molecule has 0 unspecified atom stereocenters. The summed E-state index contributed by atoms with van der Waals surface area (Å²) in [5.74, 6) is 0. The Morgan fingerprint density at radius 2 is 1.93 bits per heavy atom. The summed E-state index contributed by atoms with van der Waals surface area (Å²) in [6.45, 7) is 0. The quantitative estimate of drug-likeness (QED) is 0.870. The lowest BCUT2D eigenvalue weighted by atomic mass is 9.78. The molecule has 1 fully saturated rings. The Hall–Kier alpha value is -0.340. The molecule has 0 aliphatic heterocycles. The highest BCUT2D eigenvalue weighted by Gasteiger charge is 2.27. The molecule has 0 saturated heterocycles. The van der Waals surface area contributed by atoms with E-state index < -0.39 is 0 Å². The zero-order chi connectivity index (χ0) is 10.7. The first-order chi connectivity index (χ1) is 7.18. The lowest BCUT2D eigenvalue weighted by Crippen LogP contribution is -2.43. The van der Waals surface area contributed by atoms with Gasteiger partial charge in [0.05, 0.1) is 0 Å². The summed E-state index contributed by atoms with van der Waals surface area (Å²) in [6.07, 6.45) is 7.33. The molecule has 0 radical (unpaired) electrons. The number of hydrogen-bond donors (Lipinski definition) is 1. The average molecular weight is 268 g/mol. The van der Waals surface area contributed by atoms with Crippen LogP contribution in [0.1, 0.15) is 37.7 Å². The zero-order valence-electron chi connectivity index (χ0n) is 9.01. The van der Waals surface area contributed by atoms with E-state index in [9.17, 15) is 0 Å². The lowest BCUT2D eigenvalue weighted by Gasteiger charge is -2.33. The van der Waals surface area contributed by atoms with Crippen LogP contribution in [0.3, 0.4) is 0 Å². The number of nitrogens with two attached hydrogens (primary N) is 1. The molecule has 0 heterocycles. The number of benzene rings is 1. The van der Waals surface area contributed by atoms with Crippen molar-refractivity contribution in [2.75, 3.05) is 0 Å². The van der Waals surface area contributed by atoms with Gasteiger partial charge in [-0.05, 0) is 37.0 Å². The first-order valence-electron chi connectivity index (χ1n) is 5.71. The maximum absolute atomic E-state index is 6.43.